The number of aromatic nitrogens is 3. The fourth-order valence-corrected chi connectivity index (χ4v) is 2.73. The molecule has 120 valence electrons. The Balaban J connectivity index is 2.12. The third-order valence-corrected chi connectivity index (χ3v) is 5.04. The number of amides is 1. The first-order valence-corrected chi connectivity index (χ1v) is 8.80. The van der Waals surface area contributed by atoms with Crippen LogP contribution in [-0.2, 0) is 16.4 Å². The summed E-state index contributed by atoms with van der Waals surface area (Å²) in [5, 5.41) is 2.57. The fraction of sp³-hybridized carbons (Fsp3) is 0.462. The van der Waals surface area contributed by atoms with Crippen molar-refractivity contribution in [2.24, 2.45) is 0 Å². The molecule has 2 rings (SSSR count). The Labute approximate surface area is 128 Å². The summed E-state index contributed by atoms with van der Waals surface area (Å²) >= 11 is 0. The molecule has 22 heavy (non-hydrogen) atoms. The number of hydrogen-bond acceptors (Lipinski definition) is 6. The fourth-order valence-electron chi connectivity index (χ4n) is 2.03. The van der Waals surface area contributed by atoms with Crippen molar-refractivity contribution in [3.8, 4) is 0 Å². The molecule has 9 heteroatoms. The maximum Gasteiger partial charge on any atom is 0.252 e. The minimum absolute atomic E-state index is 0.0596. The third-order valence-electron chi connectivity index (χ3n) is 3.33. The van der Waals surface area contributed by atoms with Gasteiger partial charge in [-0.15, -0.1) is 0 Å². The van der Waals surface area contributed by atoms with Crippen molar-refractivity contribution in [3.05, 3.63) is 17.8 Å². The molecule has 0 unspecified atom stereocenters. The number of sulfone groups is 1. The molecule has 0 saturated heterocycles. The summed E-state index contributed by atoms with van der Waals surface area (Å²) in [5.41, 5.74) is 7.25. The van der Waals surface area contributed by atoms with Gasteiger partial charge in [-0.1, -0.05) is 6.92 Å². The van der Waals surface area contributed by atoms with E-state index in [0.717, 1.165) is 0 Å². The van der Waals surface area contributed by atoms with Crippen molar-refractivity contribution in [2.75, 3.05) is 23.8 Å². The predicted molar refractivity (Wildman–Crippen MR) is 84.3 cm³/mol. The molecule has 8 nitrogen and oxygen atoms in total. The van der Waals surface area contributed by atoms with Crippen LogP contribution in [0, 0.1) is 0 Å². The van der Waals surface area contributed by atoms with Crippen LogP contribution in [0.2, 0.25) is 0 Å². The molecule has 0 aromatic carbocycles. The Morgan fingerprint density at radius 1 is 1.41 bits per heavy atom. The van der Waals surface area contributed by atoms with Crippen molar-refractivity contribution in [2.45, 2.75) is 20.4 Å². The van der Waals surface area contributed by atoms with Crippen molar-refractivity contribution in [3.63, 3.8) is 0 Å². The van der Waals surface area contributed by atoms with Gasteiger partial charge in [0.1, 0.15) is 5.52 Å². The molecule has 0 spiro atoms. The summed E-state index contributed by atoms with van der Waals surface area (Å²) in [6, 6.07) is 1.59. The minimum Gasteiger partial charge on any atom is -0.369 e. The number of fused-ring (bicyclic) bond motifs is 1. The number of anilines is 1. The van der Waals surface area contributed by atoms with E-state index in [2.05, 4.69) is 15.3 Å². The van der Waals surface area contributed by atoms with E-state index in [1.54, 1.807) is 17.6 Å². The highest BCUT2D eigenvalue weighted by atomic mass is 32.2. The topological polar surface area (TPSA) is 120 Å². The quantitative estimate of drug-likeness (QED) is 0.782. The van der Waals surface area contributed by atoms with Crippen LogP contribution < -0.4 is 11.1 Å². The lowest BCUT2D eigenvalue weighted by atomic mass is 10.2. The highest BCUT2D eigenvalue weighted by Gasteiger charge is 2.13. The Hall–Kier alpha value is -2.16. The zero-order valence-corrected chi connectivity index (χ0v) is 13.4. The van der Waals surface area contributed by atoms with Crippen LogP contribution >= 0.6 is 0 Å². The number of hydrogen-bond donors (Lipinski definition) is 2. The average Bonchev–Trinajstić information content (AvgIpc) is 2.81. The Kier molecular flexibility index (Phi) is 4.65. The number of rotatable bonds is 6. The van der Waals surface area contributed by atoms with Crippen LogP contribution in [0.4, 0.5) is 5.95 Å². The first-order chi connectivity index (χ1) is 10.4. The van der Waals surface area contributed by atoms with Crippen molar-refractivity contribution in [1.82, 2.24) is 19.9 Å². The molecule has 0 aliphatic heterocycles. The SMILES string of the molecule is CCn1c(N)nc2cc(C(=O)NCCS(=O)(=O)CC)cnc21. The summed E-state index contributed by atoms with van der Waals surface area (Å²) in [5.74, 6) is -0.0613. The summed E-state index contributed by atoms with van der Waals surface area (Å²) < 4.78 is 24.5. The van der Waals surface area contributed by atoms with Crippen LogP contribution in [0.3, 0.4) is 0 Å². The summed E-state index contributed by atoms with van der Waals surface area (Å²) in [7, 11) is -3.10. The predicted octanol–water partition coefficient (Wildman–Crippen LogP) is 0.198. The molecule has 0 saturated carbocycles. The summed E-state index contributed by atoms with van der Waals surface area (Å²) in [6.45, 7) is 4.20. The van der Waals surface area contributed by atoms with Gasteiger partial charge in [-0.25, -0.2) is 18.4 Å². The molecule has 2 heterocycles. The lowest BCUT2D eigenvalue weighted by Crippen LogP contribution is -2.29. The molecular weight excluding hydrogens is 306 g/mol. The lowest BCUT2D eigenvalue weighted by molar-refractivity contribution is 0.0956. The van der Waals surface area contributed by atoms with Gasteiger partial charge >= 0.3 is 0 Å². The van der Waals surface area contributed by atoms with Gasteiger partial charge in [-0.2, -0.15) is 0 Å². The van der Waals surface area contributed by atoms with E-state index >= 15 is 0 Å². The first kappa shape index (κ1) is 16.2. The van der Waals surface area contributed by atoms with E-state index in [9.17, 15) is 13.2 Å². The number of aryl methyl sites for hydroxylation is 1. The maximum absolute atomic E-state index is 12.0. The van der Waals surface area contributed by atoms with E-state index in [0.29, 0.717) is 29.2 Å². The highest BCUT2D eigenvalue weighted by molar-refractivity contribution is 7.91. The van der Waals surface area contributed by atoms with Gasteiger partial charge in [0, 0.05) is 25.0 Å². The first-order valence-electron chi connectivity index (χ1n) is 6.98. The van der Waals surface area contributed by atoms with Crippen LogP contribution in [0.15, 0.2) is 12.3 Å². The summed E-state index contributed by atoms with van der Waals surface area (Å²) in [6.07, 6.45) is 1.43. The summed E-state index contributed by atoms with van der Waals surface area (Å²) in [4.78, 5) is 20.4. The molecular formula is C13H19N5O3S. The number of nitrogen functional groups attached to an aromatic ring is 1. The largest absolute Gasteiger partial charge is 0.369 e. The van der Waals surface area contributed by atoms with Gasteiger partial charge < -0.3 is 11.1 Å². The molecule has 3 N–H and O–H groups in total. The van der Waals surface area contributed by atoms with Crippen LogP contribution in [0.1, 0.15) is 24.2 Å². The average molecular weight is 325 g/mol. The van der Waals surface area contributed by atoms with Crippen LogP contribution in [0.5, 0.6) is 0 Å². The Morgan fingerprint density at radius 2 is 2.14 bits per heavy atom. The smallest absolute Gasteiger partial charge is 0.252 e. The van der Waals surface area contributed by atoms with E-state index in [4.69, 9.17) is 5.73 Å². The second kappa shape index (κ2) is 6.30. The van der Waals surface area contributed by atoms with Crippen molar-refractivity contribution < 1.29 is 13.2 Å². The normalized spacial score (nSPS) is 11.7. The number of imidazole rings is 1. The van der Waals surface area contributed by atoms with Gasteiger partial charge in [-0.05, 0) is 13.0 Å². The molecule has 1 amide bonds. The van der Waals surface area contributed by atoms with Gasteiger partial charge in [0.2, 0.25) is 5.95 Å². The monoisotopic (exact) mass is 325 g/mol. The number of nitrogens with zero attached hydrogens (tertiary/aromatic N) is 3. The van der Waals surface area contributed by atoms with E-state index in [-0.39, 0.29) is 24.0 Å². The number of nitrogens with one attached hydrogen (secondary N) is 1. The zero-order valence-electron chi connectivity index (χ0n) is 12.5. The second-order valence-corrected chi connectivity index (χ2v) is 7.25. The number of nitrogens with two attached hydrogens (primary N) is 1. The maximum atomic E-state index is 12.0. The minimum atomic E-state index is -3.10. The zero-order chi connectivity index (χ0) is 16.3. The number of carbonyl (C=O) groups excluding carboxylic acids is 1. The van der Waals surface area contributed by atoms with E-state index in [1.165, 1.54) is 6.20 Å². The highest BCUT2D eigenvalue weighted by Crippen LogP contribution is 2.16. The molecule has 0 radical (unpaired) electrons. The Morgan fingerprint density at radius 3 is 2.77 bits per heavy atom. The molecule has 0 aliphatic carbocycles. The van der Waals surface area contributed by atoms with Crippen molar-refractivity contribution in [1.29, 1.82) is 0 Å². The van der Waals surface area contributed by atoms with Gasteiger partial charge in [0.05, 0.1) is 11.3 Å². The number of pyridine rings is 1. The molecule has 0 fully saturated rings. The molecule has 0 aliphatic rings. The van der Waals surface area contributed by atoms with Gasteiger partial charge in [-0.3, -0.25) is 9.36 Å². The van der Waals surface area contributed by atoms with Crippen LogP contribution in [-0.4, -0.2) is 46.9 Å². The number of carbonyl (C=O) groups is 1. The van der Waals surface area contributed by atoms with Crippen molar-refractivity contribution >= 4 is 32.9 Å². The molecule has 2 aromatic rings. The lowest BCUT2D eigenvalue weighted by Gasteiger charge is -2.05. The second-order valence-electron chi connectivity index (χ2n) is 4.77. The third kappa shape index (κ3) is 3.35. The van der Waals surface area contributed by atoms with E-state index < -0.39 is 9.84 Å². The molecule has 2 aromatic heterocycles. The van der Waals surface area contributed by atoms with E-state index in [1.807, 2.05) is 6.92 Å². The van der Waals surface area contributed by atoms with Gasteiger partial charge in [0.25, 0.3) is 5.91 Å². The van der Waals surface area contributed by atoms with Gasteiger partial charge in [0.15, 0.2) is 15.5 Å². The Bertz CT molecular complexity index is 797. The molecule has 0 atom stereocenters. The molecule has 0 bridgehead atoms. The van der Waals surface area contributed by atoms with Crippen LogP contribution in [0.25, 0.3) is 11.2 Å². The standard InChI is InChI=1S/C13H19N5O3S/c1-3-18-11-10(17-13(18)14)7-9(8-16-11)12(19)15-5-6-22(20,21)4-2/h7-8H,3-6H2,1-2H3,(H2,14,17)(H,15,19).